The second-order valence-electron chi connectivity index (χ2n) is 3.72. The van der Waals surface area contributed by atoms with Crippen LogP contribution in [0.4, 0.5) is 5.88 Å². The molecule has 1 atom stereocenters. The molecule has 0 N–H and O–H groups in total. The minimum Gasteiger partial charge on any atom is -0.404 e. The third-order valence-electron chi connectivity index (χ3n) is 2.50. The van der Waals surface area contributed by atoms with Crippen LogP contribution in [-0.2, 0) is 11.3 Å². The van der Waals surface area contributed by atoms with Crippen molar-refractivity contribution in [2.24, 2.45) is 0 Å². The van der Waals surface area contributed by atoms with Crippen LogP contribution in [0.5, 0.6) is 0 Å². The molecule has 2 heterocycles. The number of nitro groups is 1. The Morgan fingerprint density at radius 1 is 1.65 bits per heavy atom. The molecule has 0 saturated carbocycles. The molecular formula is C10H11N3O4. The van der Waals surface area contributed by atoms with Crippen LogP contribution in [0.15, 0.2) is 16.5 Å². The molecular weight excluding hydrogens is 226 g/mol. The van der Waals surface area contributed by atoms with E-state index in [1.807, 2.05) is 11.0 Å². The Balaban J connectivity index is 1.96. The number of nitriles is 1. The Hall–Kier alpha value is -1.91. The van der Waals surface area contributed by atoms with E-state index in [2.05, 4.69) is 0 Å². The van der Waals surface area contributed by atoms with E-state index in [0.29, 0.717) is 32.0 Å². The maximum atomic E-state index is 10.4. The van der Waals surface area contributed by atoms with Crippen LogP contribution in [0, 0.1) is 21.4 Å². The molecule has 90 valence electrons. The topological polar surface area (TPSA) is 92.5 Å². The van der Waals surface area contributed by atoms with E-state index < -0.39 is 11.0 Å². The number of ether oxygens (including phenoxy) is 1. The van der Waals surface area contributed by atoms with E-state index >= 15 is 0 Å². The van der Waals surface area contributed by atoms with Crippen LogP contribution in [0.25, 0.3) is 0 Å². The van der Waals surface area contributed by atoms with Gasteiger partial charge in [0.1, 0.15) is 10.7 Å². The summed E-state index contributed by atoms with van der Waals surface area (Å²) in [6, 6.07) is 4.95. The van der Waals surface area contributed by atoms with E-state index in [9.17, 15) is 10.1 Å². The van der Waals surface area contributed by atoms with Gasteiger partial charge < -0.3 is 9.15 Å². The van der Waals surface area contributed by atoms with Gasteiger partial charge in [-0.15, -0.1) is 0 Å². The van der Waals surface area contributed by atoms with Crippen LogP contribution in [-0.4, -0.2) is 35.6 Å². The van der Waals surface area contributed by atoms with Crippen LogP contribution in [0.3, 0.4) is 0 Å². The molecule has 17 heavy (non-hydrogen) atoms. The molecule has 1 aliphatic rings. The Bertz CT molecular complexity index is 451. The average Bonchev–Trinajstić information content (AvgIpc) is 2.78. The zero-order valence-electron chi connectivity index (χ0n) is 9.04. The molecule has 1 aliphatic heterocycles. The van der Waals surface area contributed by atoms with Gasteiger partial charge >= 0.3 is 5.88 Å². The predicted octanol–water partition coefficient (Wildman–Crippen LogP) is 0.912. The molecule has 2 rings (SSSR count). The highest BCUT2D eigenvalue weighted by Crippen LogP contribution is 2.18. The van der Waals surface area contributed by atoms with E-state index in [0.717, 1.165) is 0 Å². The lowest BCUT2D eigenvalue weighted by molar-refractivity contribution is -0.402. The lowest BCUT2D eigenvalue weighted by atomic mass is 10.3. The van der Waals surface area contributed by atoms with Crippen molar-refractivity contribution in [1.29, 1.82) is 5.26 Å². The van der Waals surface area contributed by atoms with Gasteiger partial charge in [0.25, 0.3) is 0 Å². The molecule has 1 aromatic heterocycles. The van der Waals surface area contributed by atoms with Crippen LogP contribution >= 0.6 is 0 Å². The van der Waals surface area contributed by atoms with Gasteiger partial charge in [0.15, 0.2) is 6.10 Å². The highest BCUT2D eigenvalue weighted by Gasteiger charge is 2.21. The molecule has 1 saturated heterocycles. The molecule has 0 bridgehead atoms. The van der Waals surface area contributed by atoms with E-state index in [-0.39, 0.29) is 5.88 Å². The highest BCUT2D eigenvalue weighted by atomic mass is 16.6. The maximum absolute atomic E-state index is 10.4. The zero-order valence-corrected chi connectivity index (χ0v) is 9.04. The molecule has 0 radical (unpaired) electrons. The van der Waals surface area contributed by atoms with Gasteiger partial charge in [-0.3, -0.25) is 15.0 Å². The minimum absolute atomic E-state index is 0.259. The second kappa shape index (κ2) is 4.95. The van der Waals surface area contributed by atoms with Crippen molar-refractivity contribution < 1.29 is 14.1 Å². The van der Waals surface area contributed by atoms with E-state index in [1.165, 1.54) is 6.07 Å². The van der Waals surface area contributed by atoms with Gasteiger partial charge in [-0.2, -0.15) is 5.26 Å². The van der Waals surface area contributed by atoms with Crippen LogP contribution in [0.2, 0.25) is 0 Å². The quantitative estimate of drug-likeness (QED) is 0.573. The average molecular weight is 237 g/mol. The third kappa shape index (κ3) is 2.81. The van der Waals surface area contributed by atoms with Gasteiger partial charge in [-0.25, -0.2) is 0 Å². The van der Waals surface area contributed by atoms with Crippen molar-refractivity contribution in [2.75, 3.05) is 19.7 Å². The summed E-state index contributed by atoms with van der Waals surface area (Å²) >= 11 is 0. The molecule has 7 heteroatoms. The normalized spacial score (nSPS) is 21.0. The maximum Gasteiger partial charge on any atom is 0.433 e. The summed E-state index contributed by atoms with van der Waals surface area (Å²) in [6.07, 6.45) is -0.436. The summed E-state index contributed by atoms with van der Waals surface area (Å²) in [4.78, 5) is 11.8. The summed E-state index contributed by atoms with van der Waals surface area (Å²) in [5, 5.41) is 19.2. The largest absolute Gasteiger partial charge is 0.433 e. The first-order chi connectivity index (χ1) is 8.19. The van der Waals surface area contributed by atoms with Gasteiger partial charge in [-0.05, 0) is 6.07 Å². The summed E-state index contributed by atoms with van der Waals surface area (Å²) in [6.45, 7) is 2.12. The fraction of sp³-hybridized carbons (Fsp3) is 0.500. The van der Waals surface area contributed by atoms with Gasteiger partial charge in [-0.1, -0.05) is 0 Å². The molecule has 1 fully saturated rings. The first-order valence-corrected chi connectivity index (χ1v) is 5.15. The van der Waals surface area contributed by atoms with Crippen LogP contribution < -0.4 is 0 Å². The Morgan fingerprint density at radius 2 is 2.47 bits per heavy atom. The first kappa shape index (κ1) is 11.6. The van der Waals surface area contributed by atoms with Crippen molar-refractivity contribution >= 4 is 5.88 Å². The SMILES string of the molecule is N#CC1CN(Cc2ccc([N+](=O)[O-])o2)CCO1. The van der Waals surface area contributed by atoms with Gasteiger partial charge in [0.2, 0.25) is 0 Å². The second-order valence-corrected chi connectivity index (χ2v) is 3.72. The van der Waals surface area contributed by atoms with Crippen molar-refractivity contribution in [3.05, 3.63) is 28.0 Å². The highest BCUT2D eigenvalue weighted by molar-refractivity contribution is 5.17. The monoisotopic (exact) mass is 237 g/mol. The standard InChI is InChI=1S/C10H11N3O4/c11-5-9-7-12(3-4-16-9)6-8-1-2-10(17-8)13(14)15/h1-2,9H,3-4,6-7H2. The van der Waals surface area contributed by atoms with Gasteiger partial charge in [0.05, 0.1) is 25.3 Å². The molecule has 1 aromatic rings. The number of morpholine rings is 1. The summed E-state index contributed by atoms with van der Waals surface area (Å²) < 4.78 is 10.2. The Kier molecular flexibility index (Phi) is 3.37. The molecule has 0 spiro atoms. The molecule has 0 aromatic carbocycles. The smallest absolute Gasteiger partial charge is 0.404 e. The zero-order chi connectivity index (χ0) is 12.3. The number of nitrogens with zero attached hydrogens (tertiary/aromatic N) is 3. The summed E-state index contributed by atoms with van der Waals surface area (Å²) in [5.74, 6) is 0.264. The lowest BCUT2D eigenvalue weighted by Gasteiger charge is -2.28. The number of hydrogen-bond acceptors (Lipinski definition) is 6. The lowest BCUT2D eigenvalue weighted by Crippen LogP contribution is -2.41. The van der Waals surface area contributed by atoms with Crippen molar-refractivity contribution in [2.45, 2.75) is 12.6 Å². The fourth-order valence-corrected chi connectivity index (χ4v) is 1.69. The molecule has 0 amide bonds. The van der Waals surface area contributed by atoms with E-state index in [4.69, 9.17) is 14.4 Å². The number of furan rings is 1. The predicted molar refractivity (Wildman–Crippen MR) is 56.0 cm³/mol. The van der Waals surface area contributed by atoms with Crippen molar-refractivity contribution in [3.8, 4) is 6.07 Å². The summed E-state index contributed by atoms with van der Waals surface area (Å²) in [5.41, 5.74) is 0. The summed E-state index contributed by atoms with van der Waals surface area (Å²) in [7, 11) is 0. The fourth-order valence-electron chi connectivity index (χ4n) is 1.69. The first-order valence-electron chi connectivity index (χ1n) is 5.15. The Morgan fingerprint density at radius 3 is 3.12 bits per heavy atom. The number of rotatable bonds is 3. The van der Waals surface area contributed by atoms with Gasteiger partial charge in [0, 0.05) is 13.1 Å². The Labute approximate surface area is 97.3 Å². The van der Waals surface area contributed by atoms with Crippen molar-refractivity contribution in [1.82, 2.24) is 4.90 Å². The van der Waals surface area contributed by atoms with Crippen molar-refractivity contribution in [3.63, 3.8) is 0 Å². The number of hydrogen-bond donors (Lipinski definition) is 0. The third-order valence-corrected chi connectivity index (χ3v) is 2.50. The van der Waals surface area contributed by atoms with Crippen LogP contribution in [0.1, 0.15) is 5.76 Å². The molecule has 7 nitrogen and oxygen atoms in total. The minimum atomic E-state index is -0.569. The molecule has 0 aliphatic carbocycles. The molecule has 1 unspecified atom stereocenters. The van der Waals surface area contributed by atoms with E-state index in [1.54, 1.807) is 6.07 Å².